The molecule has 9 heteroatoms. The summed E-state index contributed by atoms with van der Waals surface area (Å²) >= 11 is 0. The van der Waals surface area contributed by atoms with Gasteiger partial charge in [-0.2, -0.15) is 5.10 Å². The molecule has 0 aliphatic heterocycles. The van der Waals surface area contributed by atoms with Gasteiger partial charge < -0.3 is 9.47 Å². The summed E-state index contributed by atoms with van der Waals surface area (Å²) in [6.45, 7) is 1.51. The molecule has 144 valence electrons. The Morgan fingerprint density at radius 1 is 1.07 bits per heavy atom. The van der Waals surface area contributed by atoms with Crippen LogP contribution < -0.4 is 19.6 Å². The zero-order valence-electron chi connectivity index (χ0n) is 15.2. The maximum absolute atomic E-state index is 12.3. The molecule has 2 N–H and O–H groups in total. The number of methoxy groups -OCH3 is 2. The third kappa shape index (κ3) is 5.80. The summed E-state index contributed by atoms with van der Waals surface area (Å²) in [5, 5.41) is 3.80. The molecule has 0 spiro atoms. The predicted octanol–water partition coefficient (Wildman–Crippen LogP) is 1.44. The number of nitrogens with zero attached hydrogens (tertiary/aromatic N) is 1. The summed E-state index contributed by atoms with van der Waals surface area (Å²) in [4.78, 5) is 11.7. The third-order valence-corrected chi connectivity index (χ3v) is 4.97. The molecular weight excluding hydrogens is 370 g/mol. The average molecular weight is 391 g/mol. The van der Waals surface area contributed by atoms with E-state index in [-0.39, 0.29) is 10.6 Å². The summed E-state index contributed by atoms with van der Waals surface area (Å²) in [6.07, 6.45) is 1.47. The van der Waals surface area contributed by atoms with Crippen LogP contribution in [-0.2, 0) is 14.8 Å². The van der Waals surface area contributed by atoms with Crippen LogP contribution >= 0.6 is 0 Å². The molecule has 2 aromatic rings. The second kappa shape index (κ2) is 9.15. The van der Waals surface area contributed by atoms with Crippen molar-refractivity contribution < 1.29 is 22.7 Å². The standard InChI is InChI=1S/C18H21N3O5S/c1-13-4-6-14(7-5-13)11-19-21-18(22)12-20-27(23,24)15-8-9-16(25-2)17(10-15)26-3/h4-11,20H,12H2,1-3H3,(H,21,22)/b19-11-. The normalized spacial score (nSPS) is 11.4. The highest BCUT2D eigenvalue weighted by Gasteiger charge is 2.18. The van der Waals surface area contributed by atoms with Crippen molar-refractivity contribution in [3.63, 3.8) is 0 Å². The number of amides is 1. The molecule has 2 aromatic carbocycles. The van der Waals surface area contributed by atoms with E-state index in [1.807, 2.05) is 31.2 Å². The van der Waals surface area contributed by atoms with E-state index < -0.39 is 22.5 Å². The highest BCUT2D eigenvalue weighted by atomic mass is 32.2. The molecule has 0 fully saturated rings. The molecule has 0 aliphatic rings. The second-order valence-corrected chi connectivity index (χ2v) is 7.31. The maximum atomic E-state index is 12.3. The first kappa shape index (κ1) is 20.4. The minimum atomic E-state index is -3.89. The highest BCUT2D eigenvalue weighted by molar-refractivity contribution is 7.89. The third-order valence-electron chi connectivity index (χ3n) is 3.57. The monoisotopic (exact) mass is 391 g/mol. The largest absolute Gasteiger partial charge is 0.493 e. The molecular formula is C18H21N3O5S. The molecule has 0 bridgehead atoms. The first-order chi connectivity index (χ1) is 12.9. The van der Waals surface area contributed by atoms with E-state index in [1.165, 1.54) is 38.6 Å². The number of carbonyl (C=O) groups excluding carboxylic acids is 1. The van der Waals surface area contributed by atoms with Crippen molar-refractivity contribution >= 4 is 22.1 Å². The zero-order chi connectivity index (χ0) is 19.9. The molecule has 0 atom stereocenters. The molecule has 27 heavy (non-hydrogen) atoms. The molecule has 0 heterocycles. The number of ether oxygens (including phenoxy) is 2. The Bertz CT molecular complexity index is 925. The van der Waals surface area contributed by atoms with Crippen LogP contribution in [0.1, 0.15) is 11.1 Å². The van der Waals surface area contributed by atoms with Crippen LogP contribution in [-0.4, -0.2) is 41.3 Å². The lowest BCUT2D eigenvalue weighted by Crippen LogP contribution is -2.34. The van der Waals surface area contributed by atoms with Crippen molar-refractivity contribution in [1.82, 2.24) is 10.1 Å². The van der Waals surface area contributed by atoms with E-state index in [1.54, 1.807) is 0 Å². The minimum absolute atomic E-state index is 0.0453. The van der Waals surface area contributed by atoms with Crippen molar-refractivity contribution in [1.29, 1.82) is 0 Å². The number of sulfonamides is 1. The second-order valence-electron chi connectivity index (χ2n) is 5.55. The van der Waals surface area contributed by atoms with Crippen LogP contribution in [0.2, 0.25) is 0 Å². The Labute approximate surface area is 158 Å². The quantitative estimate of drug-likeness (QED) is 0.523. The summed E-state index contributed by atoms with van der Waals surface area (Å²) in [5.74, 6) is 0.0783. The Balaban J connectivity index is 1.94. The fraction of sp³-hybridized carbons (Fsp3) is 0.222. The van der Waals surface area contributed by atoms with Crippen LogP contribution in [0.5, 0.6) is 11.5 Å². The average Bonchev–Trinajstić information content (AvgIpc) is 2.67. The summed E-state index contributed by atoms with van der Waals surface area (Å²) in [6, 6.07) is 11.7. The number of rotatable bonds is 8. The van der Waals surface area contributed by atoms with Crippen molar-refractivity contribution in [2.75, 3.05) is 20.8 Å². The molecule has 1 amide bonds. The Hall–Kier alpha value is -2.91. The SMILES string of the molecule is COc1ccc(S(=O)(=O)NCC(=O)N/N=C\c2ccc(C)cc2)cc1OC. The lowest BCUT2D eigenvalue weighted by atomic mass is 10.2. The Morgan fingerprint density at radius 2 is 1.74 bits per heavy atom. The van der Waals surface area contributed by atoms with E-state index in [0.29, 0.717) is 5.75 Å². The number of benzene rings is 2. The summed E-state index contributed by atoms with van der Waals surface area (Å²) in [5.41, 5.74) is 4.19. The van der Waals surface area contributed by atoms with E-state index in [2.05, 4.69) is 15.2 Å². The molecule has 0 aliphatic carbocycles. The lowest BCUT2D eigenvalue weighted by molar-refractivity contribution is -0.119. The van der Waals surface area contributed by atoms with Crippen molar-refractivity contribution in [3.8, 4) is 11.5 Å². The Morgan fingerprint density at radius 3 is 2.37 bits per heavy atom. The molecule has 0 unspecified atom stereocenters. The van der Waals surface area contributed by atoms with Gasteiger partial charge in [-0.1, -0.05) is 29.8 Å². The number of hydrogen-bond donors (Lipinski definition) is 2. The molecule has 0 radical (unpaired) electrons. The number of hydrazone groups is 1. The van der Waals surface area contributed by atoms with Crippen LogP contribution in [0.25, 0.3) is 0 Å². The van der Waals surface area contributed by atoms with Crippen LogP contribution in [0.4, 0.5) is 0 Å². The maximum Gasteiger partial charge on any atom is 0.255 e. The van der Waals surface area contributed by atoms with Crippen molar-refractivity contribution in [2.24, 2.45) is 5.10 Å². The molecule has 8 nitrogen and oxygen atoms in total. The van der Waals surface area contributed by atoms with Gasteiger partial charge in [0.05, 0.1) is 31.9 Å². The smallest absolute Gasteiger partial charge is 0.255 e. The van der Waals surface area contributed by atoms with Gasteiger partial charge >= 0.3 is 0 Å². The van der Waals surface area contributed by atoms with Gasteiger partial charge in [0.2, 0.25) is 10.0 Å². The van der Waals surface area contributed by atoms with Gasteiger partial charge in [-0.3, -0.25) is 4.79 Å². The first-order valence-electron chi connectivity index (χ1n) is 7.96. The van der Waals surface area contributed by atoms with Gasteiger partial charge in [0.25, 0.3) is 5.91 Å². The summed E-state index contributed by atoms with van der Waals surface area (Å²) in [7, 11) is -1.04. The molecule has 0 saturated carbocycles. The highest BCUT2D eigenvalue weighted by Crippen LogP contribution is 2.29. The number of hydrogen-bond acceptors (Lipinski definition) is 6. The lowest BCUT2D eigenvalue weighted by Gasteiger charge is -2.10. The minimum Gasteiger partial charge on any atom is -0.493 e. The number of nitrogens with one attached hydrogen (secondary N) is 2. The van der Waals surface area contributed by atoms with Crippen LogP contribution in [0.3, 0.4) is 0 Å². The molecule has 0 saturated heterocycles. The van der Waals surface area contributed by atoms with E-state index in [0.717, 1.165) is 11.1 Å². The van der Waals surface area contributed by atoms with E-state index >= 15 is 0 Å². The van der Waals surface area contributed by atoms with Crippen molar-refractivity contribution in [3.05, 3.63) is 53.6 Å². The fourth-order valence-corrected chi connectivity index (χ4v) is 3.10. The molecule has 0 aromatic heterocycles. The van der Waals surface area contributed by atoms with E-state index in [9.17, 15) is 13.2 Å². The van der Waals surface area contributed by atoms with Crippen molar-refractivity contribution in [2.45, 2.75) is 11.8 Å². The number of aryl methyl sites for hydroxylation is 1. The van der Waals surface area contributed by atoms with Crippen LogP contribution in [0, 0.1) is 6.92 Å². The van der Waals surface area contributed by atoms with Gasteiger partial charge in [-0.05, 0) is 24.6 Å². The van der Waals surface area contributed by atoms with Gasteiger partial charge in [0.15, 0.2) is 11.5 Å². The van der Waals surface area contributed by atoms with Crippen LogP contribution in [0.15, 0.2) is 52.5 Å². The van der Waals surface area contributed by atoms with Gasteiger partial charge in [0, 0.05) is 6.07 Å². The van der Waals surface area contributed by atoms with Gasteiger partial charge in [0.1, 0.15) is 0 Å². The Kier molecular flexibility index (Phi) is 6.91. The fourth-order valence-electron chi connectivity index (χ4n) is 2.10. The zero-order valence-corrected chi connectivity index (χ0v) is 16.0. The predicted molar refractivity (Wildman–Crippen MR) is 102 cm³/mol. The van der Waals surface area contributed by atoms with Gasteiger partial charge in [-0.25, -0.2) is 18.6 Å². The summed E-state index contributed by atoms with van der Waals surface area (Å²) < 4.78 is 37.0. The molecule has 2 rings (SSSR count). The number of carbonyl (C=O) groups is 1. The topological polar surface area (TPSA) is 106 Å². The first-order valence-corrected chi connectivity index (χ1v) is 9.44. The van der Waals surface area contributed by atoms with Gasteiger partial charge in [-0.15, -0.1) is 0 Å². The van der Waals surface area contributed by atoms with E-state index in [4.69, 9.17) is 9.47 Å².